The maximum absolute atomic E-state index is 13.1. The molecule has 0 radical (unpaired) electrons. The van der Waals surface area contributed by atoms with Crippen LogP contribution in [-0.4, -0.2) is 36.0 Å². The molecule has 0 aromatic heterocycles. The molecule has 0 aliphatic carbocycles. The number of thiol groups is 1. The van der Waals surface area contributed by atoms with Crippen LogP contribution < -0.4 is 0 Å². The van der Waals surface area contributed by atoms with Crippen LogP contribution >= 0.6 is 0 Å². The topological polar surface area (TPSA) is 74.7 Å². The Morgan fingerprint density at radius 1 is 1.48 bits per heavy atom. The van der Waals surface area contributed by atoms with E-state index in [1.54, 1.807) is 0 Å². The van der Waals surface area contributed by atoms with E-state index in [0.717, 1.165) is 12.2 Å². The van der Waals surface area contributed by atoms with E-state index in [9.17, 15) is 26.4 Å². The third kappa shape index (κ3) is 3.35. The predicted octanol–water partition coefficient (Wildman–Crippen LogP) is 1.79. The summed E-state index contributed by atoms with van der Waals surface area (Å²) < 4.78 is 61.8. The maximum atomic E-state index is 13.1. The number of carboxylic acids is 1. The monoisotopic (exact) mass is 323 g/mol. The minimum absolute atomic E-state index is 0.0181. The number of rotatable bonds is 3. The van der Waals surface area contributed by atoms with Crippen molar-refractivity contribution in [3.63, 3.8) is 0 Å². The summed E-state index contributed by atoms with van der Waals surface area (Å²) in [6.07, 6.45) is -0.649. The Hall–Kier alpha value is -2.03. The zero-order chi connectivity index (χ0) is 16.4. The van der Waals surface area contributed by atoms with Crippen molar-refractivity contribution >= 4 is 16.9 Å². The first-order valence-corrected chi connectivity index (χ1v) is 6.72. The highest BCUT2D eigenvalue weighted by Gasteiger charge is 2.52. The van der Waals surface area contributed by atoms with Crippen molar-refractivity contribution < 1.29 is 31.5 Å². The minimum Gasteiger partial charge on any atom is -0.478 e. The molecule has 0 aromatic carbocycles. The van der Waals surface area contributed by atoms with Gasteiger partial charge >= 0.3 is 12.1 Å². The van der Waals surface area contributed by atoms with Crippen LogP contribution in [0.2, 0.25) is 0 Å². The van der Waals surface area contributed by atoms with Crippen molar-refractivity contribution in [2.75, 3.05) is 0 Å². The molecule has 1 aliphatic rings. The fraction of sp³-hybridized carbons (Fsp3) is 0.250. The van der Waals surface area contributed by atoms with E-state index >= 15 is 0 Å². The summed E-state index contributed by atoms with van der Waals surface area (Å²) in [7, 11) is -3.69. The molecular formula is C12H12F3NO4S. The Bertz CT molecular complexity index is 621. The van der Waals surface area contributed by atoms with Crippen LogP contribution in [0, 0.1) is 0 Å². The van der Waals surface area contributed by atoms with Crippen LogP contribution in [0.3, 0.4) is 0 Å². The molecule has 0 saturated carbocycles. The van der Waals surface area contributed by atoms with Gasteiger partial charge in [0.25, 0.3) is 0 Å². The second-order valence-electron chi connectivity index (χ2n) is 3.96. The highest BCUT2D eigenvalue weighted by molar-refractivity contribution is 7.70. The lowest BCUT2D eigenvalue weighted by molar-refractivity contribution is -0.164. The molecule has 1 atom stereocenters. The number of aliphatic carboxylic acids is 1. The summed E-state index contributed by atoms with van der Waals surface area (Å²) in [5.74, 6) is -1.84. The van der Waals surface area contributed by atoms with E-state index in [1.165, 1.54) is 19.1 Å². The summed E-state index contributed by atoms with van der Waals surface area (Å²) in [5, 5.41) is 8.95. The van der Waals surface area contributed by atoms with Crippen LogP contribution in [0.1, 0.15) is 6.92 Å². The lowest BCUT2D eigenvalue weighted by Crippen LogP contribution is -2.49. The van der Waals surface area contributed by atoms with Gasteiger partial charge in [-0.2, -0.15) is 13.2 Å². The largest absolute Gasteiger partial charge is 0.478 e. The van der Waals surface area contributed by atoms with Crippen molar-refractivity contribution in [3.8, 4) is 0 Å². The Kier molecular flexibility index (Phi) is 5.00. The van der Waals surface area contributed by atoms with Crippen molar-refractivity contribution in [3.05, 3.63) is 47.7 Å². The second kappa shape index (κ2) is 6.17. The van der Waals surface area contributed by atoms with Gasteiger partial charge in [0.05, 0.1) is 11.3 Å². The van der Waals surface area contributed by atoms with Gasteiger partial charge in [-0.25, -0.2) is 13.2 Å². The van der Waals surface area contributed by atoms with Gasteiger partial charge in [-0.1, -0.05) is 24.8 Å². The van der Waals surface area contributed by atoms with Crippen LogP contribution in [-0.2, 0) is 15.7 Å². The van der Waals surface area contributed by atoms with Crippen LogP contribution in [0.4, 0.5) is 13.2 Å². The number of hydrogen-bond acceptors (Lipinski definition) is 3. The Balaban J connectivity index is 3.73. The minimum atomic E-state index is -5.06. The van der Waals surface area contributed by atoms with Gasteiger partial charge in [0.15, 0.2) is 6.04 Å². The SMILES string of the molecule is C=C/C=C1/C=C(C(=O)O)[C@@H](C(F)(F)F)N([SH](=O)=O)/C1=C/C. The van der Waals surface area contributed by atoms with Gasteiger partial charge in [-0.05, 0) is 18.6 Å². The number of halogens is 3. The van der Waals surface area contributed by atoms with Crippen LogP contribution in [0.5, 0.6) is 0 Å². The van der Waals surface area contributed by atoms with E-state index < -0.39 is 34.7 Å². The highest BCUT2D eigenvalue weighted by Crippen LogP contribution is 2.39. The number of carbonyl (C=O) groups is 1. The molecule has 1 aliphatic heterocycles. The Morgan fingerprint density at radius 2 is 2.05 bits per heavy atom. The van der Waals surface area contributed by atoms with E-state index in [-0.39, 0.29) is 15.6 Å². The van der Waals surface area contributed by atoms with Gasteiger partial charge in [0.1, 0.15) is 0 Å². The van der Waals surface area contributed by atoms with Crippen LogP contribution in [0.15, 0.2) is 47.7 Å². The quantitative estimate of drug-likeness (QED) is 0.777. The zero-order valence-electron chi connectivity index (χ0n) is 10.8. The summed E-state index contributed by atoms with van der Waals surface area (Å²) in [5.41, 5.74) is -1.30. The molecule has 9 heteroatoms. The van der Waals surface area contributed by atoms with E-state index in [0.29, 0.717) is 0 Å². The van der Waals surface area contributed by atoms with Gasteiger partial charge < -0.3 is 5.11 Å². The summed E-state index contributed by atoms with van der Waals surface area (Å²) >= 11 is 0. The zero-order valence-corrected chi connectivity index (χ0v) is 11.7. The normalized spacial score (nSPS) is 23.6. The van der Waals surface area contributed by atoms with Crippen molar-refractivity contribution in [2.45, 2.75) is 19.1 Å². The first-order valence-electron chi connectivity index (χ1n) is 5.59. The Morgan fingerprint density at radius 3 is 2.38 bits per heavy atom. The number of allylic oxidation sites excluding steroid dienone is 4. The fourth-order valence-corrected chi connectivity index (χ4v) is 2.81. The molecule has 0 aromatic rings. The number of hydrogen-bond donors (Lipinski definition) is 2. The standard InChI is InChI=1S/C12H12F3NO4S/c1-3-5-7-6-8(11(17)18)10(12(13,14)15)16(21(19)20)9(7)4-2/h3-6,10,21H,1H2,2H3,(H,17,18)/b7-5-,9-4+/t10-/m0/s1. The van der Waals surface area contributed by atoms with Gasteiger partial charge in [0, 0.05) is 0 Å². The number of nitrogens with zero attached hydrogens (tertiary/aromatic N) is 1. The lowest BCUT2D eigenvalue weighted by Gasteiger charge is -2.35. The van der Waals surface area contributed by atoms with E-state index in [4.69, 9.17) is 5.11 Å². The third-order valence-corrected chi connectivity index (χ3v) is 3.49. The Labute approximate surface area is 120 Å². The van der Waals surface area contributed by atoms with Crippen molar-refractivity contribution in [1.29, 1.82) is 0 Å². The van der Waals surface area contributed by atoms with Crippen molar-refractivity contribution in [2.24, 2.45) is 0 Å². The summed E-state index contributed by atoms with van der Waals surface area (Å²) in [6, 6.07) is -2.76. The molecule has 0 unspecified atom stereocenters. The van der Waals surface area contributed by atoms with Crippen LogP contribution in [0.25, 0.3) is 0 Å². The first kappa shape index (κ1) is 17.0. The molecule has 0 bridgehead atoms. The molecule has 116 valence electrons. The molecule has 0 spiro atoms. The number of alkyl halides is 3. The highest BCUT2D eigenvalue weighted by atomic mass is 32.2. The maximum Gasteiger partial charge on any atom is 0.414 e. The molecule has 21 heavy (non-hydrogen) atoms. The number of carboxylic acid groups (broad SMARTS) is 1. The molecule has 1 N–H and O–H groups in total. The second-order valence-corrected chi connectivity index (χ2v) is 4.87. The molecular weight excluding hydrogens is 311 g/mol. The molecule has 0 saturated heterocycles. The summed E-state index contributed by atoms with van der Waals surface area (Å²) in [6.45, 7) is 4.71. The first-order chi connectivity index (χ1) is 9.65. The van der Waals surface area contributed by atoms with E-state index in [2.05, 4.69) is 6.58 Å². The molecule has 0 fully saturated rings. The van der Waals surface area contributed by atoms with Crippen molar-refractivity contribution in [1.82, 2.24) is 4.31 Å². The predicted molar refractivity (Wildman–Crippen MR) is 69.8 cm³/mol. The van der Waals surface area contributed by atoms with Gasteiger partial charge in [-0.3, -0.25) is 4.31 Å². The average molecular weight is 323 g/mol. The average Bonchev–Trinajstić information content (AvgIpc) is 2.35. The molecule has 1 heterocycles. The summed E-state index contributed by atoms with van der Waals surface area (Å²) in [4.78, 5) is 11.1. The van der Waals surface area contributed by atoms with Gasteiger partial charge in [0.2, 0.25) is 10.9 Å². The van der Waals surface area contributed by atoms with E-state index in [1.807, 2.05) is 0 Å². The lowest BCUT2D eigenvalue weighted by atomic mass is 9.95. The fourth-order valence-electron chi connectivity index (χ4n) is 1.96. The molecule has 5 nitrogen and oxygen atoms in total. The third-order valence-electron chi connectivity index (χ3n) is 2.70. The molecule has 1 rings (SSSR count). The smallest absolute Gasteiger partial charge is 0.414 e. The molecule has 0 amide bonds. The van der Waals surface area contributed by atoms with Gasteiger partial charge in [-0.15, -0.1) is 0 Å².